The van der Waals surface area contributed by atoms with E-state index in [2.05, 4.69) is 25.5 Å². The summed E-state index contributed by atoms with van der Waals surface area (Å²) < 4.78 is 29.4. The second-order valence-corrected chi connectivity index (χ2v) is 11.5. The van der Waals surface area contributed by atoms with Gasteiger partial charge in [0.2, 0.25) is 10.0 Å². The lowest BCUT2D eigenvalue weighted by Gasteiger charge is -2.59. The zero-order chi connectivity index (χ0) is 19.2. The van der Waals surface area contributed by atoms with E-state index in [0.717, 1.165) is 30.6 Å². The van der Waals surface area contributed by atoms with Crippen LogP contribution >= 0.6 is 0 Å². The van der Waals surface area contributed by atoms with Gasteiger partial charge in [-0.3, -0.25) is 0 Å². The molecule has 0 saturated heterocycles. The van der Waals surface area contributed by atoms with Crippen LogP contribution in [0.25, 0.3) is 0 Å². The lowest BCUT2D eigenvalue weighted by molar-refractivity contribution is -0.0704. The molecule has 150 valence electrons. The van der Waals surface area contributed by atoms with Gasteiger partial charge >= 0.3 is 0 Å². The Hall–Kier alpha value is -0.870. The van der Waals surface area contributed by atoms with Crippen molar-refractivity contribution in [1.82, 2.24) is 4.72 Å². The first-order valence-electron chi connectivity index (χ1n) is 11.0. The van der Waals surface area contributed by atoms with E-state index < -0.39 is 10.0 Å². The van der Waals surface area contributed by atoms with Crippen LogP contribution in [0.2, 0.25) is 0 Å². The van der Waals surface area contributed by atoms with Crippen molar-refractivity contribution in [3.63, 3.8) is 0 Å². The second-order valence-electron chi connectivity index (χ2n) is 9.74. The monoisotopic (exact) mass is 389 g/mol. The normalized spacial score (nSPS) is 34.6. The average Bonchev–Trinajstić information content (AvgIpc) is 2.64. The third kappa shape index (κ3) is 3.60. The number of hydrogen-bond acceptors (Lipinski definition) is 2. The molecule has 4 bridgehead atoms. The molecule has 3 nitrogen and oxygen atoms in total. The first-order valence-corrected chi connectivity index (χ1v) is 12.5. The molecular weight excluding hydrogens is 354 g/mol. The van der Waals surface area contributed by atoms with E-state index in [1.165, 1.54) is 44.1 Å². The summed E-state index contributed by atoms with van der Waals surface area (Å²) in [6.07, 6.45) is 9.80. The van der Waals surface area contributed by atoms with Crippen LogP contribution < -0.4 is 4.72 Å². The highest BCUT2D eigenvalue weighted by Crippen LogP contribution is 2.61. The maximum Gasteiger partial charge on any atom is 0.240 e. The third-order valence-electron chi connectivity index (χ3n) is 7.90. The molecule has 0 radical (unpaired) electrons. The van der Waals surface area contributed by atoms with E-state index in [4.69, 9.17) is 0 Å². The van der Waals surface area contributed by atoms with Gasteiger partial charge in [-0.2, -0.15) is 0 Å². The Balaban J connectivity index is 1.54. The Morgan fingerprint density at radius 2 is 1.48 bits per heavy atom. The Kier molecular flexibility index (Phi) is 5.17. The molecule has 4 fully saturated rings. The zero-order valence-corrected chi connectivity index (χ0v) is 17.9. The van der Waals surface area contributed by atoms with E-state index in [0.29, 0.717) is 10.8 Å². The van der Waals surface area contributed by atoms with Gasteiger partial charge in [0.1, 0.15) is 0 Å². The van der Waals surface area contributed by atoms with Crippen molar-refractivity contribution < 1.29 is 8.42 Å². The predicted molar refractivity (Wildman–Crippen MR) is 110 cm³/mol. The van der Waals surface area contributed by atoms with Gasteiger partial charge < -0.3 is 0 Å². The fraction of sp³-hybridized carbons (Fsp3) is 0.739. The Bertz CT molecular complexity index is 733. The molecule has 4 saturated carbocycles. The van der Waals surface area contributed by atoms with Crippen molar-refractivity contribution >= 4 is 10.0 Å². The molecule has 4 aliphatic rings. The molecule has 1 N–H and O–H groups in total. The summed E-state index contributed by atoms with van der Waals surface area (Å²) in [5.74, 6) is 2.98. The van der Waals surface area contributed by atoms with Gasteiger partial charge in [0.15, 0.2) is 0 Å². The number of benzene rings is 1. The standard InChI is InChI=1S/C23H35NO2S/c1-4-16(3)20-6-8-21(9-7-20)27(25,26)24-22(5-2)23-13-17-10-18(14-23)12-19(11-17)15-23/h6-9,16-19,22,24H,4-5,10-15H2,1-3H3. The fourth-order valence-corrected chi connectivity index (χ4v) is 8.13. The Morgan fingerprint density at radius 3 is 1.93 bits per heavy atom. The minimum absolute atomic E-state index is 0.0742. The number of rotatable bonds is 7. The van der Waals surface area contributed by atoms with E-state index >= 15 is 0 Å². The number of nitrogens with one attached hydrogen (secondary N) is 1. The van der Waals surface area contributed by atoms with Crippen LogP contribution in [0.5, 0.6) is 0 Å². The Morgan fingerprint density at radius 1 is 0.963 bits per heavy atom. The third-order valence-corrected chi connectivity index (χ3v) is 9.39. The predicted octanol–water partition coefficient (Wildman–Crippen LogP) is 5.47. The Labute approximate surface area is 165 Å². The van der Waals surface area contributed by atoms with Crippen LogP contribution in [0, 0.1) is 23.2 Å². The minimum atomic E-state index is -3.46. The SMILES string of the molecule is CCC(C)c1ccc(S(=O)(=O)NC(CC)C23CC4CC(CC(C4)C2)C3)cc1. The topological polar surface area (TPSA) is 46.2 Å². The molecule has 2 unspecified atom stereocenters. The van der Waals surface area contributed by atoms with E-state index in [9.17, 15) is 8.42 Å². The van der Waals surface area contributed by atoms with Crippen molar-refractivity contribution in [3.05, 3.63) is 29.8 Å². The molecule has 0 heterocycles. The van der Waals surface area contributed by atoms with Crippen LogP contribution in [0.3, 0.4) is 0 Å². The molecule has 4 aliphatic carbocycles. The van der Waals surface area contributed by atoms with Crippen LogP contribution in [0.15, 0.2) is 29.2 Å². The molecule has 27 heavy (non-hydrogen) atoms. The summed E-state index contributed by atoms with van der Waals surface area (Å²) in [5, 5.41) is 0. The summed E-state index contributed by atoms with van der Waals surface area (Å²) in [6, 6.07) is 7.61. The molecular formula is C23H35NO2S. The highest BCUT2D eigenvalue weighted by molar-refractivity contribution is 7.89. The van der Waals surface area contributed by atoms with Crippen molar-refractivity contribution in [2.45, 2.75) is 89.0 Å². The van der Waals surface area contributed by atoms with Gasteiger partial charge in [-0.25, -0.2) is 13.1 Å². The van der Waals surface area contributed by atoms with Gasteiger partial charge in [-0.15, -0.1) is 0 Å². The van der Waals surface area contributed by atoms with Crippen molar-refractivity contribution in [2.75, 3.05) is 0 Å². The maximum atomic E-state index is 13.1. The molecule has 4 heteroatoms. The van der Waals surface area contributed by atoms with Crippen LogP contribution in [-0.2, 0) is 10.0 Å². The average molecular weight is 390 g/mol. The van der Waals surface area contributed by atoms with E-state index in [-0.39, 0.29) is 11.5 Å². The molecule has 0 amide bonds. The van der Waals surface area contributed by atoms with Gasteiger partial charge in [-0.05, 0) is 98.1 Å². The van der Waals surface area contributed by atoms with E-state index in [1.54, 1.807) is 12.1 Å². The molecule has 1 aromatic carbocycles. The molecule has 0 spiro atoms. The van der Waals surface area contributed by atoms with Gasteiger partial charge in [-0.1, -0.05) is 32.9 Å². The minimum Gasteiger partial charge on any atom is -0.208 e. The van der Waals surface area contributed by atoms with Crippen molar-refractivity contribution in [3.8, 4) is 0 Å². The summed E-state index contributed by atoms with van der Waals surface area (Å²) in [4.78, 5) is 0.415. The summed E-state index contributed by atoms with van der Waals surface area (Å²) in [5.41, 5.74) is 1.41. The maximum absolute atomic E-state index is 13.1. The molecule has 0 aliphatic heterocycles. The highest BCUT2D eigenvalue weighted by atomic mass is 32.2. The van der Waals surface area contributed by atoms with Crippen LogP contribution in [0.4, 0.5) is 0 Å². The quantitative estimate of drug-likeness (QED) is 0.672. The summed E-state index contributed by atoms with van der Waals surface area (Å²) in [7, 11) is -3.46. The van der Waals surface area contributed by atoms with Crippen molar-refractivity contribution in [2.24, 2.45) is 23.2 Å². The summed E-state index contributed by atoms with van der Waals surface area (Å²) in [6.45, 7) is 6.49. The van der Waals surface area contributed by atoms with Crippen molar-refractivity contribution in [1.29, 1.82) is 0 Å². The lowest BCUT2D eigenvalue weighted by Crippen LogP contribution is -2.56. The van der Waals surface area contributed by atoms with Crippen LogP contribution in [-0.4, -0.2) is 14.5 Å². The zero-order valence-electron chi connectivity index (χ0n) is 17.1. The van der Waals surface area contributed by atoms with E-state index in [1.807, 2.05) is 12.1 Å². The highest BCUT2D eigenvalue weighted by Gasteiger charge is 2.54. The van der Waals surface area contributed by atoms with Gasteiger partial charge in [0.25, 0.3) is 0 Å². The molecule has 5 rings (SSSR count). The van der Waals surface area contributed by atoms with Gasteiger partial charge in [0, 0.05) is 6.04 Å². The second kappa shape index (κ2) is 7.18. The molecule has 0 aromatic heterocycles. The summed E-state index contributed by atoms with van der Waals surface area (Å²) >= 11 is 0. The van der Waals surface area contributed by atoms with Crippen LogP contribution in [0.1, 0.15) is 83.6 Å². The first kappa shape index (κ1) is 19.4. The largest absolute Gasteiger partial charge is 0.240 e. The smallest absolute Gasteiger partial charge is 0.208 e. The molecule has 2 atom stereocenters. The fourth-order valence-electron chi connectivity index (χ4n) is 6.71. The first-order chi connectivity index (χ1) is 12.8. The molecule has 1 aromatic rings. The van der Waals surface area contributed by atoms with Gasteiger partial charge in [0.05, 0.1) is 4.90 Å². The lowest BCUT2D eigenvalue weighted by atomic mass is 9.47. The number of sulfonamides is 1. The number of hydrogen-bond donors (Lipinski definition) is 1.